The summed E-state index contributed by atoms with van der Waals surface area (Å²) in [5.74, 6) is 0.204. The third-order valence-electron chi connectivity index (χ3n) is 3.77. The minimum Gasteiger partial charge on any atom is -0.352 e. The van der Waals surface area contributed by atoms with Crippen molar-refractivity contribution in [2.45, 2.75) is 31.0 Å². The van der Waals surface area contributed by atoms with Crippen molar-refractivity contribution in [1.82, 2.24) is 5.32 Å². The number of halogens is 1. The molecule has 1 aliphatic carbocycles. The Hall–Kier alpha value is -1.43. The van der Waals surface area contributed by atoms with E-state index in [0.717, 1.165) is 18.4 Å². The molecule has 0 saturated heterocycles. The van der Waals surface area contributed by atoms with Gasteiger partial charge in [-0.05, 0) is 31.2 Å². The normalized spacial score (nSPS) is 21.7. The van der Waals surface area contributed by atoms with Gasteiger partial charge in [0, 0.05) is 29.1 Å². The molecule has 1 aromatic rings. The molecule has 20 heavy (non-hydrogen) atoms. The number of carbonyl (C=O) groups excluding carboxylic acids is 1. The van der Waals surface area contributed by atoms with Crippen LogP contribution in [0.3, 0.4) is 0 Å². The van der Waals surface area contributed by atoms with Crippen molar-refractivity contribution in [2.24, 2.45) is 5.92 Å². The van der Waals surface area contributed by atoms with E-state index in [0.29, 0.717) is 22.9 Å². The van der Waals surface area contributed by atoms with Gasteiger partial charge in [0.2, 0.25) is 0 Å². The number of alkyl halides is 1. The fraction of sp³-hybridized carbons (Fsp3) is 0.500. The van der Waals surface area contributed by atoms with E-state index in [1.807, 2.05) is 0 Å². The highest BCUT2D eigenvalue weighted by molar-refractivity contribution is 9.09. The molecule has 5 nitrogen and oxygen atoms in total. The van der Waals surface area contributed by atoms with Crippen LogP contribution in [0.4, 0.5) is 5.69 Å². The number of nitro benzene ring substituents is 1. The molecule has 1 fully saturated rings. The number of nitrogens with zero attached hydrogens (tertiary/aromatic N) is 1. The summed E-state index contributed by atoms with van der Waals surface area (Å²) < 4.78 is 0. The number of hydrogen-bond acceptors (Lipinski definition) is 3. The van der Waals surface area contributed by atoms with Crippen molar-refractivity contribution in [3.8, 4) is 0 Å². The van der Waals surface area contributed by atoms with Gasteiger partial charge in [-0.25, -0.2) is 0 Å². The Morgan fingerprint density at radius 1 is 1.50 bits per heavy atom. The van der Waals surface area contributed by atoms with Crippen molar-refractivity contribution in [3.05, 3.63) is 39.4 Å². The molecule has 0 spiro atoms. The van der Waals surface area contributed by atoms with Crippen molar-refractivity contribution in [2.75, 3.05) is 6.54 Å². The Balaban J connectivity index is 2.05. The van der Waals surface area contributed by atoms with Crippen LogP contribution in [0.2, 0.25) is 0 Å². The summed E-state index contributed by atoms with van der Waals surface area (Å²) in [5, 5.41) is 13.7. The number of benzene rings is 1. The molecule has 0 bridgehead atoms. The lowest BCUT2D eigenvalue weighted by molar-refractivity contribution is -0.384. The van der Waals surface area contributed by atoms with Crippen molar-refractivity contribution >= 4 is 27.5 Å². The van der Waals surface area contributed by atoms with E-state index >= 15 is 0 Å². The molecule has 6 heteroatoms. The Morgan fingerprint density at radius 3 is 2.85 bits per heavy atom. The lowest BCUT2D eigenvalue weighted by Gasteiger charge is -2.15. The topological polar surface area (TPSA) is 72.2 Å². The second-order valence-electron chi connectivity index (χ2n) is 5.17. The van der Waals surface area contributed by atoms with Crippen LogP contribution >= 0.6 is 15.9 Å². The molecule has 1 saturated carbocycles. The van der Waals surface area contributed by atoms with E-state index in [4.69, 9.17) is 0 Å². The average molecular weight is 341 g/mol. The number of aryl methyl sites for hydroxylation is 1. The van der Waals surface area contributed by atoms with Gasteiger partial charge < -0.3 is 5.32 Å². The van der Waals surface area contributed by atoms with Crippen molar-refractivity contribution in [1.29, 1.82) is 0 Å². The molecule has 2 unspecified atom stereocenters. The van der Waals surface area contributed by atoms with Gasteiger partial charge in [0.25, 0.3) is 11.6 Å². The van der Waals surface area contributed by atoms with Crippen LogP contribution in [0.1, 0.15) is 35.2 Å². The Morgan fingerprint density at radius 2 is 2.25 bits per heavy atom. The predicted octanol–water partition coefficient (Wildman–Crippen LogP) is 3.20. The van der Waals surface area contributed by atoms with Gasteiger partial charge in [-0.1, -0.05) is 28.4 Å². The van der Waals surface area contributed by atoms with Gasteiger partial charge >= 0.3 is 0 Å². The fourth-order valence-corrected chi connectivity index (χ4v) is 3.28. The largest absolute Gasteiger partial charge is 0.352 e. The summed E-state index contributed by atoms with van der Waals surface area (Å²) in [7, 11) is 0. The van der Waals surface area contributed by atoms with E-state index in [1.165, 1.54) is 18.6 Å². The van der Waals surface area contributed by atoms with Gasteiger partial charge in [0.1, 0.15) is 0 Å². The zero-order valence-corrected chi connectivity index (χ0v) is 12.9. The lowest BCUT2D eigenvalue weighted by atomic mass is 10.1. The van der Waals surface area contributed by atoms with Gasteiger partial charge in [0.05, 0.1) is 4.92 Å². The monoisotopic (exact) mass is 340 g/mol. The lowest BCUT2D eigenvalue weighted by Crippen LogP contribution is -2.31. The number of amides is 1. The maximum atomic E-state index is 12.2. The highest BCUT2D eigenvalue weighted by Gasteiger charge is 2.25. The first-order valence-corrected chi connectivity index (χ1v) is 7.58. The van der Waals surface area contributed by atoms with E-state index in [1.54, 1.807) is 13.0 Å². The molecule has 0 aromatic heterocycles. The Bertz CT molecular complexity index is 533. The number of nitro groups is 1. The highest BCUT2D eigenvalue weighted by Crippen LogP contribution is 2.30. The number of hydrogen-bond donors (Lipinski definition) is 1. The first-order valence-electron chi connectivity index (χ1n) is 6.66. The number of carbonyl (C=O) groups is 1. The summed E-state index contributed by atoms with van der Waals surface area (Å²) in [6, 6.07) is 4.36. The Kier molecular flexibility index (Phi) is 4.75. The van der Waals surface area contributed by atoms with Crippen LogP contribution < -0.4 is 5.32 Å². The SMILES string of the molecule is Cc1ccc([N+](=O)[O-])cc1C(=O)NCC1CCCC1Br. The molecule has 2 rings (SSSR count). The van der Waals surface area contributed by atoms with Gasteiger partial charge in [-0.2, -0.15) is 0 Å². The summed E-state index contributed by atoms with van der Waals surface area (Å²) in [5.41, 5.74) is 1.07. The maximum Gasteiger partial charge on any atom is 0.270 e. The van der Waals surface area contributed by atoms with Crippen LogP contribution in [0.25, 0.3) is 0 Å². The number of non-ortho nitro benzene ring substituents is 1. The molecule has 1 N–H and O–H groups in total. The molecule has 0 aliphatic heterocycles. The molecular weight excluding hydrogens is 324 g/mol. The van der Waals surface area contributed by atoms with E-state index in [9.17, 15) is 14.9 Å². The van der Waals surface area contributed by atoms with Crippen LogP contribution in [0, 0.1) is 23.0 Å². The molecule has 108 valence electrons. The van der Waals surface area contributed by atoms with Gasteiger partial charge in [0.15, 0.2) is 0 Å². The second-order valence-corrected chi connectivity index (χ2v) is 6.35. The summed E-state index contributed by atoms with van der Waals surface area (Å²) in [6.07, 6.45) is 3.41. The molecule has 1 aliphatic rings. The van der Waals surface area contributed by atoms with Gasteiger partial charge in [-0.3, -0.25) is 14.9 Å². The van der Waals surface area contributed by atoms with Gasteiger partial charge in [-0.15, -0.1) is 0 Å². The number of nitrogens with one attached hydrogen (secondary N) is 1. The average Bonchev–Trinajstić information content (AvgIpc) is 2.81. The van der Waals surface area contributed by atoms with Crippen LogP contribution in [-0.2, 0) is 0 Å². The molecule has 0 radical (unpaired) electrons. The first-order chi connectivity index (χ1) is 9.49. The fourth-order valence-electron chi connectivity index (χ4n) is 2.51. The van der Waals surface area contributed by atoms with E-state index < -0.39 is 4.92 Å². The third kappa shape index (κ3) is 3.36. The molecular formula is C14H17BrN2O3. The van der Waals surface area contributed by atoms with Crippen molar-refractivity contribution < 1.29 is 9.72 Å². The summed E-state index contributed by atoms with van der Waals surface area (Å²) in [6.45, 7) is 2.39. The second kappa shape index (κ2) is 6.35. The predicted molar refractivity (Wildman–Crippen MR) is 80.2 cm³/mol. The zero-order valence-electron chi connectivity index (χ0n) is 11.3. The van der Waals surface area contributed by atoms with E-state index in [2.05, 4.69) is 21.2 Å². The van der Waals surface area contributed by atoms with Crippen LogP contribution in [-0.4, -0.2) is 22.2 Å². The minimum atomic E-state index is -0.484. The maximum absolute atomic E-state index is 12.2. The molecule has 2 atom stereocenters. The van der Waals surface area contributed by atoms with Crippen molar-refractivity contribution in [3.63, 3.8) is 0 Å². The minimum absolute atomic E-state index is 0.0556. The molecule has 1 aromatic carbocycles. The number of rotatable bonds is 4. The Labute approximate surface area is 126 Å². The van der Waals surface area contributed by atoms with E-state index in [-0.39, 0.29) is 11.6 Å². The quantitative estimate of drug-likeness (QED) is 0.519. The summed E-state index contributed by atoms with van der Waals surface area (Å²) >= 11 is 3.62. The smallest absolute Gasteiger partial charge is 0.270 e. The van der Waals surface area contributed by atoms with Crippen LogP contribution in [0.15, 0.2) is 18.2 Å². The first kappa shape index (κ1) is 15.0. The summed E-state index contributed by atoms with van der Waals surface area (Å²) in [4.78, 5) is 22.9. The van der Waals surface area contributed by atoms with Crippen LogP contribution in [0.5, 0.6) is 0 Å². The molecule has 0 heterocycles. The molecule has 1 amide bonds. The third-order valence-corrected chi connectivity index (χ3v) is 4.97. The highest BCUT2D eigenvalue weighted by atomic mass is 79.9. The standard InChI is InChI=1S/C14H17BrN2O3/c1-9-5-6-11(17(19)20)7-12(9)14(18)16-8-10-3-2-4-13(10)15/h5-7,10,13H,2-4,8H2,1H3,(H,16,18). The zero-order chi connectivity index (χ0) is 14.7.